The number of fused-ring (bicyclic) bond motifs is 1. The van der Waals surface area contributed by atoms with Crippen molar-refractivity contribution >= 4 is 17.7 Å². The van der Waals surface area contributed by atoms with E-state index in [2.05, 4.69) is 4.98 Å². The van der Waals surface area contributed by atoms with Gasteiger partial charge < -0.3 is 9.47 Å². The zero-order valence-corrected chi connectivity index (χ0v) is 17.9. The van der Waals surface area contributed by atoms with Crippen LogP contribution in [-0.4, -0.2) is 45.4 Å². The van der Waals surface area contributed by atoms with Crippen molar-refractivity contribution in [1.82, 2.24) is 14.5 Å². The van der Waals surface area contributed by atoms with Gasteiger partial charge in [-0.25, -0.2) is 4.98 Å². The van der Waals surface area contributed by atoms with Gasteiger partial charge >= 0.3 is 0 Å². The molecular formula is C24H23N3O5. The third-order valence-electron chi connectivity index (χ3n) is 5.25. The van der Waals surface area contributed by atoms with Crippen molar-refractivity contribution in [2.24, 2.45) is 0 Å². The molecule has 1 aliphatic rings. The summed E-state index contributed by atoms with van der Waals surface area (Å²) in [6.45, 7) is 4.59. The average Bonchev–Trinajstić information content (AvgIpc) is 3.42. The van der Waals surface area contributed by atoms with E-state index in [9.17, 15) is 14.4 Å². The fourth-order valence-corrected chi connectivity index (χ4v) is 3.80. The summed E-state index contributed by atoms with van der Waals surface area (Å²) >= 11 is 0. The highest BCUT2D eigenvalue weighted by atomic mass is 16.5. The van der Waals surface area contributed by atoms with E-state index in [-0.39, 0.29) is 12.3 Å². The molecule has 1 atom stereocenters. The number of imide groups is 1. The zero-order valence-electron chi connectivity index (χ0n) is 17.9. The van der Waals surface area contributed by atoms with E-state index in [4.69, 9.17) is 9.47 Å². The smallest absolute Gasteiger partial charge is 0.262 e. The summed E-state index contributed by atoms with van der Waals surface area (Å²) in [7, 11) is 0. The lowest BCUT2D eigenvalue weighted by atomic mass is 10.0. The summed E-state index contributed by atoms with van der Waals surface area (Å²) in [5.74, 6) is -0.110. The van der Waals surface area contributed by atoms with Crippen molar-refractivity contribution in [3.8, 4) is 11.5 Å². The highest BCUT2D eigenvalue weighted by Gasteiger charge is 2.41. The monoisotopic (exact) mass is 433 g/mol. The summed E-state index contributed by atoms with van der Waals surface area (Å²) in [6, 6.07) is 11.0. The van der Waals surface area contributed by atoms with Crippen molar-refractivity contribution in [3.63, 3.8) is 0 Å². The molecule has 4 rings (SSSR count). The third-order valence-corrected chi connectivity index (χ3v) is 5.25. The van der Waals surface area contributed by atoms with Crippen molar-refractivity contribution < 1.29 is 23.9 Å². The number of nitrogens with zero attached hydrogens (tertiary/aromatic N) is 3. The molecule has 0 aliphatic carbocycles. The van der Waals surface area contributed by atoms with E-state index >= 15 is 0 Å². The number of imidazole rings is 1. The molecule has 164 valence electrons. The quantitative estimate of drug-likeness (QED) is 0.503. The molecule has 8 heteroatoms. The SMILES string of the molecule is CCOc1ccc(C(CC(=O)n2ccnc2)N2C(=O)c3ccccc3C2=O)cc1OCC. The third kappa shape index (κ3) is 3.87. The normalized spacial score (nSPS) is 13.8. The first-order valence-electron chi connectivity index (χ1n) is 10.4. The maximum Gasteiger partial charge on any atom is 0.262 e. The van der Waals surface area contributed by atoms with Gasteiger partial charge in [0.15, 0.2) is 11.5 Å². The molecule has 2 heterocycles. The number of hydrogen-bond donors (Lipinski definition) is 0. The molecule has 0 saturated carbocycles. The number of aromatic nitrogens is 2. The predicted octanol–water partition coefficient (Wildman–Crippen LogP) is 3.75. The summed E-state index contributed by atoms with van der Waals surface area (Å²) in [4.78, 5) is 44.4. The molecule has 0 radical (unpaired) electrons. The summed E-state index contributed by atoms with van der Waals surface area (Å²) in [5.41, 5.74) is 1.25. The molecular weight excluding hydrogens is 410 g/mol. The van der Waals surface area contributed by atoms with Crippen LogP contribution >= 0.6 is 0 Å². The lowest BCUT2D eigenvalue weighted by molar-refractivity contribution is 0.0561. The lowest BCUT2D eigenvalue weighted by Crippen LogP contribution is -2.36. The van der Waals surface area contributed by atoms with Crippen LogP contribution in [0.3, 0.4) is 0 Å². The Morgan fingerprint density at radius 1 is 0.969 bits per heavy atom. The molecule has 0 bridgehead atoms. The standard InChI is InChI=1S/C24H23N3O5/c1-3-31-20-10-9-16(13-21(20)32-4-2)19(14-22(28)26-12-11-25-15-26)27-23(29)17-7-5-6-8-18(17)24(27)30/h5-13,15,19H,3-4,14H2,1-2H3. The van der Waals surface area contributed by atoms with Gasteiger partial charge in [0.25, 0.3) is 11.8 Å². The van der Waals surface area contributed by atoms with Gasteiger partial charge in [-0.05, 0) is 43.7 Å². The first kappa shape index (κ1) is 21.3. The number of carbonyl (C=O) groups excluding carboxylic acids is 3. The molecule has 1 aromatic heterocycles. The van der Waals surface area contributed by atoms with Gasteiger partial charge in [0.05, 0.1) is 36.8 Å². The van der Waals surface area contributed by atoms with Gasteiger partial charge in [0.1, 0.15) is 6.33 Å². The molecule has 1 aliphatic heterocycles. The fraction of sp³-hybridized carbons (Fsp3) is 0.250. The topological polar surface area (TPSA) is 90.7 Å². The second-order valence-corrected chi connectivity index (χ2v) is 7.18. The number of amides is 2. The molecule has 0 saturated heterocycles. The second kappa shape index (κ2) is 9.05. The number of ether oxygens (including phenoxy) is 2. The Hall–Kier alpha value is -3.94. The second-order valence-electron chi connectivity index (χ2n) is 7.18. The van der Waals surface area contributed by atoms with Crippen molar-refractivity contribution in [1.29, 1.82) is 0 Å². The van der Waals surface area contributed by atoms with Crippen LogP contribution in [0.15, 0.2) is 61.2 Å². The van der Waals surface area contributed by atoms with Crippen LogP contribution in [-0.2, 0) is 0 Å². The van der Waals surface area contributed by atoms with Crippen LogP contribution in [0.4, 0.5) is 0 Å². The Bertz CT molecular complexity index is 1120. The van der Waals surface area contributed by atoms with Crippen molar-refractivity contribution in [2.75, 3.05) is 13.2 Å². The Labute approximate surface area is 185 Å². The Balaban J connectivity index is 1.77. The van der Waals surface area contributed by atoms with E-state index in [1.165, 1.54) is 23.3 Å². The van der Waals surface area contributed by atoms with Crippen molar-refractivity contribution in [2.45, 2.75) is 26.3 Å². The zero-order chi connectivity index (χ0) is 22.7. The Morgan fingerprint density at radius 2 is 1.62 bits per heavy atom. The maximum absolute atomic E-state index is 13.2. The Kier molecular flexibility index (Phi) is 6.02. The van der Waals surface area contributed by atoms with E-state index in [1.807, 2.05) is 13.8 Å². The average molecular weight is 433 g/mol. The van der Waals surface area contributed by atoms with Crippen LogP contribution in [0.25, 0.3) is 0 Å². The minimum Gasteiger partial charge on any atom is -0.490 e. The molecule has 8 nitrogen and oxygen atoms in total. The molecule has 1 unspecified atom stereocenters. The van der Waals surface area contributed by atoms with Gasteiger partial charge in [-0.3, -0.25) is 23.9 Å². The van der Waals surface area contributed by atoms with Gasteiger partial charge in [0.2, 0.25) is 5.91 Å². The van der Waals surface area contributed by atoms with E-state index in [1.54, 1.807) is 42.5 Å². The Morgan fingerprint density at radius 3 is 2.22 bits per heavy atom. The molecule has 3 aromatic rings. The highest BCUT2D eigenvalue weighted by Crippen LogP contribution is 2.37. The van der Waals surface area contributed by atoms with Gasteiger partial charge in [-0.15, -0.1) is 0 Å². The minimum absolute atomic E-state index is 0.110. The predicted molar refractivity (Wildman–Crippen MR) is 116 cm³/mol. The van der Waals surface area contributed by atoms with Crippen molar-refractivity contribution in [3.05, 3.63) is 77.9 Å². The highest BCUT2D eigenvalue weighted by molar-refractivity contribution is 6.21. The van der Waals surface area contributed by atoms with Gasteiger partial charge in [-0.2, -0.15) is 0 Å². The van der Waals surface area contributed by atoms with Crippen LogP contribution in [0, 0.1) is 0 Å². The summed E-state index contributed by atoms with van der Waals surface area (Å²) in [6.07, 6.45) is 4.32. The van der Waals surface area contributed by atoms with E-state index in [0.29, 0.717) is 41.4 Å². The number of rotatable bonds is 8. The molecule has 0 spiro atoms. The largest absolute Gasteiger partial charge is 0.490 e. The fourth-order valence-electron chi connectivity index (χ4n) is 3.80. The molecule has 0 N–H and O–H groups in total. The van der Waals surface area contributed by atoms with E-state index < -0.39 is 17.9 Å². The van der Waals surface area contributed by atoms with Gasteiger partial charge in [0, 0.05) is 12.4 Å². The molecule has 2 amide bonds. The van der Waals surface area contributed by atoms with E-state index in [0.717, 1.165) is 4.90 Å². The van der Waals surface area contributed by atoms with Crippen LogP contribution in [0.5, 0.6) is 11.5 Å². The molecule has 0 fully saturated rings. The first-order valence-corrected chi connectivity index (χ1v) is 10.4. The number of benzene rings is 2. The summed E-state index contributed by atoms with van der Waals surface area (Å²) < 4.78 is 12.7. The van der Waals surface area contributed by atoms with Crippen LogP contribution < -0.4 is 9.47 Å². The summed E-state index contributed by atoms with van der Waals surface area (Å²) in [5, 5.41) is 0. The minimum atomic E-state index is -0.827. The maximum atomic E-state index is 13.2. The number of carbonyl (C=O) groups is 3. The number of hydrogen-bond acceptors (Lipinski definition) is 6. The lowest BCUT2D eigenvalue weighted by Gasteiger charge is -2.27. The van der Waals surface area contributed by atoms with Crippen LogP contribution in [0.2, 0.25) is 0 Å². The van der Waals surface area contributed by atoms with Gasteiger partial charge in [-0.1, -0.05) is 18.2 Å². The molecule has 2 aromatic carbocycles. The van der Waals surface area contributed by atoms with Crippen LogP contribution in [0.1, 0.15) is 57.4 Å². The molecule has 32 heavy (non-hydrogen) atoms. The first-order chi connectivity index (χ1) is 15.5.